The smallest absolute Gasteiger partial charge is 0.340 e. The second kappa shape index (κ2) is 6.87. The van der Waals surface area contributed by atoms with Crippen LogP contribution in [0.2, 0.25) is 0 Å². The molecule has 2 heterocycles. The van der Waals surface area contributed by atoms with E-state index in [0.717, 1.165) is 35.5 Å². The van der Waals surface area contributed by atoms with Crippen molar-refractivity contribution in [2.24, 2.45) is 11.3 Å². The molecule has 7 heteroatoms. The largest absolute Gasteiger partial charge is 0.465 e. The van der Waals surface area contributed by atoms with Crippen molar-refractivity contribution in [3.8, 4) is 0 Å². The number of methoxy groups -OCH3 is 1. The third-order valence-electron chi connectivity index (χ3n) is 4.97. The number of thiophene rings is 1. The molecule has 2 aromatic rings. The van der Waals surface area contributed by atoms with Crippen LogP contribution in [0.4, 0.5) is 5.00 Å². The SMILES string of the molecule is COC(=O)c1cc(C)sc1NC(=O)c1noc2c1CC(C(C)(C)C)CC2. The summed E-state index contributed by atoms with van der Waals surface area (Å²) in [5.41, 5.74) is 1.72. The van der Waals surface area contributed by atoms with E-state index >= 15 is 0 Å². The fourth-order valence-corrected chi connectivity index (χ4v) is 4.25. The molecule has 0 radical (unpaired) electrons. The van der Waals surface area contributed by atoms with Crippen LogP contribution in [0.15, 0.2) is 10.6 Å². The number of carbonyl (C=O) groups excluding carboxylic acids is 2. The van der Waals surface area contributed by atoms with Crippen molar-refractivity contribution in [2.45, 2.75) is 47.0 Å². The Morgan fingerprint density at radius 3 is 2.77 bits per heavy atom. The van der Waals surface area contributed by atoms with E-state index in [1.807, 2.05) is 6.92 Å². The highest BCUT2D eigenvalue weighted by atomic mass is 32.1. The highest BCUT2D eigenvalue weighted by molar-refractivity contribution is 7.16. The number of hydrogen-bond acceptors (Lipinski definition) is 6. The number of carbonyl (C=O) groups is 2. The highest BCUT2D eigenvalue weighted by Gasteiger charge is 2.34. The first-order chi connectivity index (χ1) is 12.2. The Morgan fingerprint density at radius 2 is 2.12 bits per heavy atom. The summed E-state index contributed by atoms with van der Waals surface area (Å²) >= 11 is 1.33. The number of anilines is 1. The molecule has 0 spiro atoms. The summed E-state index contributed by atoms with van der Waals surface area (Å²) in [5.74, 6) is 0.443. The molecule has 0 saturated heterocycles. The van der Waals surface area contributed by atoms with Gasteiger partial charge in [0.1, 0.15) is 10.8 Å². The molecule has 1 aliphatic rings. The van der Waals surface area contributed by atoms with Gasteiger partial charge in [-0.15, -0.1) is 11.3 Å². The third-order valence-corrected chi connectivity index (χ3v) is 5.93. The molecule has 0 fully saturated rings. The molecule has 140 valence electrons. The maximum absolute atomic E-state index is 12.8. The lowest BCUT2D eigenvalue weighted by molar-refractivity contribution is 0.0602. The Bertz CT molecular complexity index is 844. The maximum atomic E-state index is 12.8. The van der Waals surface area contributed by atoms with Crippen LogP contribution in [-0.2, 0) is 17.6 Å². The average Bonchev–Trinajstić information content (AvgIpc) is 3.16. The Morgan fingerprint density at radius 1 is 1.38 bits per heavy atom. The zero-order valence-corrected chi connectivity index (χ0v) is 16.6. The minimum atomic E-state index is -0.473. The van der Waals surface area contributed by atoms with Crippen LogP contribution in [0.5, 0.6) is 0 Å². The van der Waals surface area contributed by atoms with E-state index in [9.17, 15) is 9.59 Å². The summed E-state index contributed by atoms with van der Waals surface area (Å²) in [4.78, 5) is 25.6. The number of ether oxygens (including phenoxy) is 1. The molecule has 3 rings (SSSR count). The standard InChI is InChI=1S/C19H24N2O4S/c1-10-8-13(18(23)24-5)17(26-10)20-16(22)15-12-9-11(19(2,3)4)6-7-14(12)25-21-15/h8,11H,6-7,9H2,1-5H3,(H,20,22). The number of fused-ring (bicyclic) bond motifs is 1. The lowest BCUT2D eigenvalue weighted by Crippen LogP contribution is -2.27. The van der Waals surface area contributed by atoms with Gasteiger partial charge in [0.2, 0.25) is 0 Å². The van der Waals surface area contributed by atoms with Crippen LogP contribution >= 0.6 is 11.3 Å². The minimum absolute atomic E-state index is 0.158. The first-order valence-electron chi connectivity index (χ1n) is 8.68. The molecule has 1 aliphatic carbocycles. The van der Waals surface area contributed by atoms with Crippen LogP contribution < -0.4 is 5.32 Å². The fourth-order valence-electron chi connectivity index (χ4n) is 3.35. The lowest BCUT2D eigenvalue weighted by atomic mass is 9.71. The molecule has 1 unspecified atom stereocenters. The van der Waals surface area contributed by atoms with Crippen LogP contribution in [-0.4, -0.2) is 24.1 Å². The van der Waals surface area contributed by atoms with Gasteiger partial charge < -0.3 is 14.6 Å². The van der Waals surface area contributed by atoms with E-state index < -0.39 is 5.97 Å². The van der Waals surface area contributed by atoms with Gasteiger partial charge in [-0.1, -0.05) is 25.9 Å². The molecule has 0 aliphatic heterocycles. The van der Waals surface area contributed by atoms with Gasteiger partial charge in [-0.05, 0) is 37.2 Å². The Balaban J connectivity index is 1.85. The average molecular weight is 376 g/mol. The van der Waals surface area contributed by atoms with Crippen LogP contribution in [0.3, 0.4) is 0 Å². The number of hydrogen-bond donors (Lipinski definition) is 1. The summed E-state index contributed by atoms with van der Waals surface area (Å²) in [6.07, 6.45) is 2.60. The monoisotopic (exact) mass is 376 g/mol. The summed E-state index contributed by atoms with van der Waals surface area (Å²) in [6, 6.07) is 1.71. The Hall–Kier alpha value is -2.15. The van der Waals surface area contributed by atoms with Gasteiger partial charge in [-0.2, -0.15) is 0 Å². The van der Waals surface area contributed by atoms with E-state index in [4.69, 9.17) is 9.26 Å². The van der Waals surface area contributed by atoms with Gasteiger partial charge in [0.25, 0.3) is 5.91 Å². The van der Waals surface area contributed by atoms with Gasteiger partial charge in [-0.25, -0.2) is 4.79 Å². The first-order valence-corrected chi connectivity index (χ1v) is 9.50. The van der Waals surface area contributed by atoms with E-state index in [1.165, 1.54) is 18.4 Å². The van der Waals surface area contributed by atoms with Crippen molar-refractivity contribution in [3.05, 3.63) is 33.5 Å². The van der Waals surface area contributed by atoms with Gasteiger partial charge >= 0.3 is 5.97 Å². The van der Waals surface area contributed by atoms with Crippen molar-refractivity contribution in [3.63, 3.8) is 0 Å². The number of nitrogens with zero attached hydrogens (tertiary/aromatic N) is 1. The number of aromatic nitrogens is 1. The fraction of sp³-hybridized carbons (Fsp3) is 0.526. The van der Waals surface area contributed by atoms with E-state index in [-0.39, 0.29) is 11.3 Å². The quantitative estimate of drug-likeness (QED) is 0.811. The van der Waals surface area contributed by atoms with Crippen LogP contribution in [0, 0.1) is 18.3 Å². The molecule has 0 saturated carbocycles. The second-order valence-corrected chi connectivity index (χ2v) is 9.04. The molecule has 0 aromatic carbocycles. The summed E-state index contributed by atoms with van der Waals surface area (Å²) in [5, 5.41) is 7.29. The molecule has 2 aromatic heterocycles. The Kier molecular flexibility index (Phi) is 4.92. The van der Waals surface area contributed by atoms with E-state index in [1.54, 1.807) is 6.07 Å². The number of esters is 1. The van der Waals surface area contributed by atoms with Crippen LogP contribution in [0.1, 0.15) is 64.2 Å². The predicted molar refractivity (Wildman–Crippen MR) is 99.8 cm³/mol. The van der Waals surface area contributed by atoms with Crippen molar-refractivity contribution in [1.29, 1.82) is 0 Å². The van der Waals surface area contributed by atoms with Crippen molar-refractivity contribution in [1.82, 2.24) is 5.16 Å². The summed E-state index contributed by atoms with van der Waals surface area (Å²) in [6.45, 7) is 8.52. The van der Waals surface area contributed by atoms with Gasteiger partial charge in [0.05, 0.1) is 12.7 Å². The predicted octanol–water partition coefficient (Wildman–Crippen LogP) is 4.23. The molecule has 0 bridgehead atoms. The molecule has 1 atom stereocenters. The Labute approximate surface area is 156 Å². The lowest BCUT2D eigenvalue weighted by Gasteiger charge is -2.33. The van der Waals surface area contributed by atoms with Gasteiger partial charge in [0, 0.05) is 16.9 Å². The van der Waals surface area contributed by atoms with Gasteiger partial charge in [0.15, 0.2) is 5.69 Å². The normalized spacial score (nSPS) is 16.9. The van der Waals surface area contributed by atoms with Crippen LogP contribution in [0.25, 0.3) is 0 Å². The topological polar surface area (TPSA) is 81.4 Å². The van der Waals surface area contributed by atoms with Crippen molar-refractivity contribution < 1.29 is 18.8 Å². The van der Waals surface area contributed by atoms with E-state index in [0.29, 0.717) is 22.2 Å². The summed E-state index contributed by atoms with van der Waals surface area (Å²) in [7, 11) is 1.32. The molecule has 26 heavy (non-hydrogen) atoms. The maximum Gasteiger partial charge on any atom is 0.340 e. The molecule has 6 nitrogen and oxygen atoms in total. The summed E-state index contributed by atoms with van der Waals surface area (Å²) < 4.78 is 10.2. The van der Waals surface area contributed by atoms with E-state index in [2.05, 4.69) is 31.2 Å². The zero-order valence-electron chi connectivity index (χ0n) is 15.8. The molecular weight excluding hydrogens is 352 g/mol. The minimum Gasteiger partial charge on any atom is -0.465 e. The molecule has 1 N–H and O–H groups in total. The molecular formula is C19H24N2O4S. The van der Waals surface area contributed by atoms with Crippen molar-refractivity contribution >= 4 is 28.2 Å². The first kappa shape index (κ1) is 18.6. The zero-order chi connectivity index (χ0) is 19.1. The third kappa shape index (κ3) is 3.53. The highest BCUT2D eigenvalue weighted by Crippen LogP contribution is 2.38. The number of aryl methyl sites for hydroxylation is 2. The van der Waals surface area contributed by atoms with Crippen molar-refractivity contribution in [2.75, 3.05) is 12.4 Å². The molecule has 1 amide bonds. The number of amides is 1. The second-order valence-electron chi connectivity index (χ2n) is 7.78. The number of nitrogens with one attached hydrogen (secondary N) is 1. The number of rotatable bonds is 3. The van der Waals surface area contributed by atoms with Gasteiger partial charge in [-0.3, -0.25) is 4.79 Å².